The number of nitrogens with one attached hydrogen (secondary N) is 1. The highest BCUT2D eigenvalue weighted by Crippen LogP contribution is 2.23. The van der Waals surface area contributed by atoms with Gasteiger partial charge in [0.1, 0.15) is 0 Å². The van der Waals surface area contributed by atoms with E-state index >= 15 is 0 Å². The van der Waals surface area contributed by atoms with Gasteiger partial charge in [-0.3, -0.25) is 4.98 Å². The fraction of sp³-hybridized carbons (Fsp3) is 0.615. The summed E-state index contributed by atoms with van der Waals surface area (Å²) in [5.74, 6) is 0. The van der Waals surface area contributed by atoms with Crippen molar-refractivity contribution in [2.24, 2.45) is 0 Å². The van der Waals surface area contributed by atoms with Gasteiger partial charge in [-0.1, -0.05) is 18.5 Å². The molecule has 17 heavy (non-hydrogen) atoms. The predicted octanol–water partition coefficient (Wildman–Crippen LogP) is 3.02. The molecular weight excluding hydrogens is 234 g/mol. The summed E-state index contributed by atoms with van der Waals surface area (Å²) in [7, 11) is 0. The van der Waals surface area contributed by atoms with E-state index in [0.29, 0.717) is 11.1 Å². The van der Waals surface area contributed by atoms with Crippen LogP contribution in [0.3, 0.4) is 0 Å². The van der Waals surface area contributed by atoms with Crippen molar-refractivity contribution >= 4 is 17.3 Å². The highest BCUT2D eigenvalue weighted by molar-refractivity contribution is 6.33. The highest BCUT2D eigenvalue weighted by atomic mass is 35.5. The summed E-state index contributed by atoms with van der Waals surface area (Å²) < 4.78 is 0. The van der Waals surface area contributed by atoms with Crippen LogP contribution in [0.1, 0.15) is 26.2 Å². The molecule has 2 heterocycles. The van der Waals surface area contributed by atoms with E-state index in [1.165, 1.54) is 38.9 Å². The predicted molar refractivity (Wildman–Crippen MR) is 72.6 cm³/mol. The molecule has 0 unspecified atom stereocenters. The van der Waals surface area contributed by atoms with E-state index in [2.05, 4.69) is 22.1 Å². The largest absolute Gasteiger partial charge is 0.381 e. The number of nitrogens with zero attached hydrogens (tertiary/aromatic N) is 2. The summed E-state index contributed by atoms with van der Waals surface area (Å²) in [5, 5.41) is 4.22. The van der Waals surface area contributed by atoms with Crippen LogP contribution in [-0.2, 0) is 0 Å². The third-order valence-electron chi connectivity index (χ3n) is 3.26. The Morgan fingerprint density at radius 3 is 2.88 bits per heavy atom. The standard InChI is InChI=1S/C13H20ClN3/c1-2-7-17-8-4-11(5-9-17)16-13-3-6-15-10-12(13)14/h3,6,10-11H,2,4-5,7-9H2,1H3,(H,15,16). The van der Waals surface area contributed by atoms with Crippen LogP contribution in [0.5, 0.6) is 0 Å². The zero-order valence-corrected chi connectivity index (χ0v) is 11.1. The number of hydrogen-bond acceptors (Lipinski definition) is 3. The second-order valence-corrected chi connectivity index (χ2v) is 5.02. The lowest BCUT2D eigenvalue weighted by molar-refractivity contribution is 0.219. The van der Waals surface area contributed by atoms with Crippen molar-refractivity contribution in [2.45, 2.75) is 32.2 Å². The Hall–Kier alpha value is -0.800. The Balaban J connectivity index is 1.84. The molecule has 0 spiro atoms. The van der Waals surface area contributed by atoms with Gasteiger partial charge in [0.05, 0.1) is 10.7 Å². The lowest BCUT2D eigenvalue weighted by atomic mass is 10.0. The average Bonchev–Trinajstić information content (AvgIpc) is 2.35. The van der Waals surface area contributed by atoms with Crippen molar-refractivity contribution in [1.82, 2.24) is 9.88 Å². The Morgan fingerprint density at radius 1 is 1.47 bits per heavy atom. The van der Waals surface area contributed by atoms with Gasteiger partial charge in [0.15, 0.2) is 0 Å². The minimum atomic E-state index is 0.544. The summed E-state index contributed by atoms with van der Waals surface area (Å²) in [4.78, 5) is 6.53. The van der Waals surface area contributed by atoms with Crippen LogP contribution >= 0.6 is 11.6 Å². The van der Waals surface area contributed by atoms with Gasteiger partial charge in [-0.15, -0.1) is 0 Å². The van der Waals surface area contributed by atoms with Crippen molar-refractivity contribution in [2.75, 3.05) is 25.0 Å². The lowest BCUT2D eigenvalue weighted by Gasteiger charge is -2.32. The van der Waals surface area contributed by atoms with Gasteiger partial charge in [0, 0.05) is 31.5 Å². The molecule has 94 valence electrons. The molecule has 0 bridgehead atoms. The molecule has 3 nitrogen and oxygen atoms in total. The van der Waals surface area contributed by atoms with Crippen molar-refractivity contribution in [1.29, 1.82) is 0 Å². The molecule has 2 rings (SSSR count). The third-order valence-corrected chi connectivity index (χ3v) is 3.56. The molecule has 1 aromatic heterocycles. The van der Waals surface area contributed by atoms with E-state index in [1.807, 2.05) is 6.07 Å². The second-order valence-electron chi connectivity index (χ2n) is 4.62. The zero-order chi connectivity index (χ0) is 12.1. The fourth-order valence-electron chi connectivity index (χ4n) is 2.33. The normalized spacial score (nSPS) is 18.2. The topological polar surface area (TPSA) is 28.2 Å². The molecule has 1 fully saturated rings. The molecule has 0 amide bonds. The van der Waals surface area contributed by atoms with E-state index in [4.69, 9.17) is 11.6 Å². The summed E-state index contributed by atoms with van der Waals surface area (Å²) in [5.41, 5.74) is 1.01. The zero-order valence-electron chi connectivity index (χ0n) is 10.3. The Morgan fingerprint density at radius 2 is 2.24 bits per heavy atom. The van der Waals surface area contributed by atoms with Crippen molar-refractivity contribution in [3.63, 3.8) is 0 Å². The Bertz CT molecular complexity index is 348. The minimum Gasteiger partial charge on any atom is -0.381 e. The number of hydrogen-bond donors (Lipinski definition) is 1. The van der Waals surface area contributed by atoms with Crippen LogP contribution in [0.25, 0.3) is 0 Å². The molecule has 4 heteroatoms. The first-order chi connectivity index (χ1) is 8.29. The number of rotatable bonds is 4. The van der Waals surface area contributed by atoms with Crippen LogP contribution in [0.4, 0.5) is 5.69 Å². The number of pyridine rings is 1. The molecule has 0 radical (unpaired) electrons. The number of piperidine rings is 1. The maximum Gasteiger partial charge on any atom is 0.0820 e. The van der Waals surface area contributed by atoms with Crippen molar-refractivity contribution < 1.29 is 0 Å². The van der Waals surface area contributed by atoms with Gasteiger partial charge in [-0.25, -0.2) is 0 Å². The van der Waals surface area contributed by atoms with Gasteiger partial charge >= 0.3 is 0 Å². The summed E-state index contributed by atoms with van der Waals surface area (Å²) >= 11 is 6.09. The van der Waals surface area contributed by atoms with E-state index in [0.717, 1.165) is 5.69 Å². The van der Waals surface area contributed by atoms with E-state index in [9.17, 15) is 0 Å². The molecule has 1 N–H and O–H groups in total. The first-order valence-corrected chi connectivity index (χ1v) is 6.75. The molecule has 0 aromatic carbocycles. The molecule has 1 aliphatic rings. The number of halogens is 1. The fourth-order valence-corrected chi connectivity index (χ4v) is 2.50. The summed E-state index contributed by atoms with van der Waals surface area (Å²) in [6, 6.07) is 2.49. The Kier molecular flexibility index (Phi) is 4.63. The number of aromatic nitrogens is 1. The first kappa shape index (κ1) is 12.7. The smallest absolute Gasteiger partial charge is 0.0820 e. The summed E-state index contributed by atoms with van der Waals surface area (Å²) in [6.07, 6.45) is 7.10. The SMILES string of the molecule is CCCN1CCC(Nc2ccncc2Cl)CC1. The third kappa shape index (κ3) is 3.58. The number of anilines is 1. The van der Waals surface area contributed by atoms with Gasteiger partial charge in [-0.05, 0) is 31.9 Å². The molecular formula is C13H20ClN3. The van der Waals surface area contributed by atoms with Crippen LogP contribution in [-0.4, -0.2) is 35.6 Å². The molecule has 0 saturated carbocycles. The summed E-state index contributed by atoms with van der Waals surface area (Å²) in [6.45, 7) is 5.84. The lowest BCUT2D eigenvalue weighted by Crippen LogP contribution is -2.39. The van der Waals surface area contributed by atoms with E-state index < -0.39 is 0 Å². The molecule has 0 atom stereocenters. The highest BCUT2D eigenvalue weighted by Gasteiger charge is 2.18. The van der Waals surface area contributed by atoms with E-state index in [1.54, 1.807) is 12.4 Å². The van der Waals surface area contributed by atoms with Gasteiger partial charge in [-0.2, -0.15) is 0 Å². The van der Waals surface area contributed by atoms with Crippen LogP contribution in [0.15, 0.2) is 18.5 Å². The van der Waals surface area contributed by atoms with Crippen LogP contribution in [0.2, 0.25) is 5.02 Å². The van der Waals surface area contributed by atoms with Gasteiger partial charge < -0.3 is 10.2 Å². The van der Waals surface area contributed by atoms with E-state index in [-0.39, 0.29) is 0 Å². The first-order valence-electron chi connectivity index (χ1n) is 6.38. The average molecular weight is 254 g/mol. The molecule has 1 aromatic rings. The molecule has 1 aliphatic heterocycles. The van der Waals surface area contributed by atoms with Crippen molar-refractivity contribution in [3.8, 4) is 0 Å². The van der Waals surface area contributed by atoms with Gasteiger partial charge in [0.2, 0.25) is 0 Å². The minimum absolute atomic E-state index is 0.544. The monoisotopic (exact) mass is 253 g/mol. The van der Waals surface area contributed by atoms with Gasteiger partial charge in [0.25, 0.3) is 0 Å². The molecule has 0 aliphatic carbocycles. The van der Waals surface area contributed by atoms with Crippen LogP contribution < -0.4 is 5.32 Å². The number of likely N-dealkylation sites (tertiary alicyclic amines) is 1. The quantitative estimate of drug-likeness (QED) is 0.894. The maximum absolute atomic E-state index is 6.09. The molecule has 1 saturated heterocycles. The van der Waals surface area contributed by atoms with Crippen molar-refractivity contribution in [3.05, 3.63) is 23.5 Å². The second kappa shape index (κ2) is 6.22. The Labute approximate surface area is 108 Å². The van der Waals surface area contributed by atoms with Crippen LogP contribution in [0, 0.1) is 0 Å². The maximum atomic E-state index is 6.09.